The Labute approximate surface area is 111 Å². The second-order valence-corrected chi connectivity index (χ2v) is 5.57. The van der Waals surface area contributed by atoms with E-state index in [0.29, 0.717) is 0 Å². The van der Waals surface area contributed by atoms with Crippen molar-refractivity contribution in [3.05, 3.63) is 62.9 Å². The number of benzene rings is 1. The van der Waals surface area contributed by atoms with Crippen LogP contribution in [0.3, 0.4) is 0 Å². The van der Waals surface area contributed by atoms with Crippen LogP contribution in [0.1, 0.15) is 32.8 Å². The molecule has 1 aliphatic carbocycles. The molecule has 90 valence electrons. The van der Waals surface area contributed by atoms with Crippen molar-refractivity contribution in [1.29, 1.82) is 0 Å². The molecule has 0 aliphatic heterocycles. The standard InChI is InChI=1S/C16H14OS/c1-11-8-9-18-15(11)10-13-7-6-12-4-2-3-5-14(12)16(13)17/h2-5,8-10H,6-7H2,1H3. The van der Waals surface area contributed by atoms with Gasteiger partial charge in [-0.05, 0) is 48.4 Å². The van der Waals surface area contributed by atoms with Crippen molar-refractivity contribution in [1.82, 2.24) is 0 Å². The SMILES string of the molecule is Cc1ccsc1C=C1CCc2ccccc2C1=O. The zero-order valence-corrected chi connectivity index (χ0v) is 11.1. The number of hydrogen-bond donors (Lipinski definition) is 0. The van der Waals surface area contributed by atoms with Gasteiger partial charge in [-0.25, -0.2) is 0 Å². The van der Waals surface area contributed by atoms with Gasteiger partial charge in [-0.15, -0.1) is 11.3 Å². The van der Waals surface area contributed by atoms with Crippen molar-refractivity contribution in [2.45, 2.75) is 19.8 Å². The van der Waals surface area contributed by atoms with E-state index in [0.717, 1.165) is 24.0 Å². The van der Waals surface area contributed by atoms with Gasteiger partial charge in [0.2, 0.25) is 0 Å². The lowest BCUT2D eigenvalue weighted by molar-refractivity contribution is 0.102. The molecule has 1 aromatic carbocycles. The van der Waals surface area contributed by atoms with E-state index in [1.807, 2.05) is 18.2 Å². The number of carbonyl (C=O) groups excluding carboxylic acids is 1. The third kappa shape index (κ3) is 1.93. The molecule has 0 radical (unpaired) electrons. The van der Waals surface area contributed by atoms with Crippen LogP contribution in [0.5, 0.6) is 0 Å². The highest BCUT2D eigenvalue weighted by Gasteiger charge is 2.21. The lowest BCUT2D eigenvalue weighted by atomic mass is 9.86. The van der Waals surface area contributed by atoms with E-state index >= 15 is 0 Å². The van der Waals surface area contributed by atoms with Crippen LogP contribution < -0.4 is 0 Å². The van der Waals surface area contributed by atoms with Gasteiger partial charge in [-0.2, -0.15) is 0 Å². The van der Waals surface area contributed by atoms with Crippen LogP contribution in [0.2, 0.25) is 0 Å². The normalized spacial score (nSPS) is 16.9. The van der Waals surface area contributed by atoms with Gasteiger partial charge in [-0.3, -0.25) is 4.79 Å². The van der Waals surface area contributed by atoms with Crippen LogP contribution in [0.25, 0.3) is 6.08 Å². The highest BCUT2D eigenvalue weighted by Crippen LogP contribution is 2.28. The molecule has 0 bridgehead atoms. The monoisotopic (exact) mass is 254 g/mol. The average molecular weight is 254 g/mol. The third-order valence-corrected chi connectivity index (χ3v) is 4.39. The maximum absolute atomic E-state index is 12.4. The van der Waals surface area contributed by atoms with Crippen molar-refractivity contribution in [3.8, 4) is 0 Å². The fraction of sp³-hybridized carbons (Fsp3) is 0.188. The van der Waals surface area contributed by atoms with Gasteiger partial charge in [0.15, 0.2) is 5.78 Å². The minimum atomic E-state index is 0.199. The maximum Gasteiger partial charge on any atom is 0.189 e. The summed E-state index contributed by atoms with van der Waals surface area (Å²) >= 11 is 1.70. The van der Waals surface area contributed by atoms with Gasteiger partial charge in [-0.1, -0.05) is 24.3 Å². The minimum Gasteiger partial charge on any atom is -0.289 e. The summed E-state index contributed by atoms with van der Waals surface area (Å²) in [7, 11) is 0. The second kappa shape index (κ2) is 4.54. The van der Waals surface area contributed by atoms with E-state index in [4.69, 9.17) is 0 Å². The number of carbonyl (C=O) groups is 1. The molecule has 2 heteroatoms. The number of fused-ring (bicyclic) bond motifs is 1. The number of hydrogen-bond acceptors (Lipinski definition) is 2. The Bertz CT molecular complexity index is 634. The van der Waals surface area contributed by atoms with Gasteiger partial charge in [0.1, 0.15) is 0 Å². The zero-order valence-electron chi connectivity index (χ0n) is 10.3. The van der Waals surface area contributed by atoms with Crippen molar-refractivity contribution in [2.75, 3.05) is 0 Å². The smallest absolute Gasteiger partial charge is 0.189 e. The Morgan fingerprint density at radius 3 is 2.78 bits per heavy atom. The highest BCUT2D eigenvalue weighted by atomic mass is 32.1. The van der Waals surface area contributed by atoms with Gasteiger partial charge >= 0.3 is 0 Å². The molecule has 1 nitrogen and oxygen atoms in total. The van der Waals surface area contributed by atoms with E-state index in [1.165, 1.54) is 16.0 Å². The Morgan fingerprint density at radius 2 is 2.00 bits per heavy atom. The van der Waals surface area contributed by atoms with Crippen LogP contribution >= 0.6 is 11.3 Å². The first-order valence-corrected chi connectivity index (χ1v) is 7.01. The fourth-order valence-electron chi connectivity index (χ4n) is 2.34. The highest BCUT2D eigenvalue weighted by molar-refractivity contribution is 7.11. The molecule has 1 aliphatic rings. The summed E-state index contributed by atoms with van der Waals surface area (Å²) < 4.78 is 0. The first-order valence-electron chi connectivity index (χ1n) is 6.13. The lowest BCUT2D eigenvalue weighted by Crippen LogP contribution is -2.13. The van der Waals surface area contributed by atoms with Crippen molar-refractivity contribution < 1.29 is 4.79 Å². The molecule has 0 unspecified atom stereocenters. The summed E-state index contributed by atoms with van der Waals surface area (Å²) in [5.41, 5.74) is 4.25. The Kier molecular flexibility index (Phi) is 2.88. The molecule has 0 fully saturated rings. The topological polar surface area (TPSA) is 17.1 Å². The summed E-state index contributed by atoms with van der Waals surface area (Å²) in [6.45, 7) is 2.09. The second-order valence-electron chi connectivity index (χ2n) is 4.62. The van der Waals surface area contributed by atoms with E-state index in [9.17, 15) is 4.79 Å². The van der Waals surface area contributed by atoms with Gasteiger partial charge < -0.3 is 0 Å². The minimum absolute atomic E-state index is 0.199. The molecule has 0 N–H and O–H groups in total. The number of allylic oxidation sites excluding steroid dienone is 1. The van der Waals surface area contributed by atoms with Gasteiger partial charge in [0, 0.05) is 16.0 Å². The first-order chi connectivity index (χ1) is 8.75. The molecule has 0 amide bonds. The number of rotatable bonds is 1. The molecule has 3 rings (SSSR count). The Balaban J connectivity index is 2.01. The van der Waals surface area contributed by atoms with Crippen molar-refractivity contribution in [3.63, 3.8) is 0 Å². The van der Waals surface area contributed by atoms with Crippen LogP contribution in [0.15, 0.2) is 41.3 Å². The number of ketones is 1. The van der Waals surface area contributed by atoms with Crippen LogP contribution in [0, 0.1) is 6.92 Å². The lowest BCUT2D eigenvalue weighted by Gasteiger charge is -2.17. The molecular formula is C16H14OS. The zero-order chi connectivity index (χ0) is 12.5. The van der Waals surface area contributed by atoms with Crippen molar-refractivity contribution in [2.24, 2.45) is 0 Å². The molecule has 2 aromatic rings. The Hall–Kier alpha value is -1.67. The average Bonchev–Trinajstić information content (AvgIpc) is 2.79. The third-order valence-electron chi connectivity index (χ3n) is 3.42. The predicted octanol–water partition coefficient (Wildman–Crippen LogP) is 4.27. The molecule has 0 saturated carbocycles. The molecule has 1 aromatic heterocycles. The van der Waals surface area contributed by atoms with Crippen LogP contribution in [-0.2, 0) is 6.42 Å². The number of Topliss-reactive ketones (excluding diaryl/α,β-unsaturated/α-hetero) is 1. The van der Waals surface area contributed by atoms with E-state index in [1.54, 1.807) is 11.3 Å². The molecule has 18 heavy (non-hydrogen) atoms. The van der Waals surface area contributed by atoms with Crippen LogP contribution in [0.4, 0.5) is 0 Å². The number of thiophene rings is 1. The summed E-state index contributed by atoms with van der Waals surface area (Å²) in [4.78, 5) is 13.6. The molecule has 1 heterocycles. The maximum atomic E-state index is 12.4. The van der Waals surface area contributed by atoms with Crippen molar-refractivity contribution >= 4 is 23.2 Å². The fourth-order valence-corrected chi connectivity index (χ4v) is 3.23. The van der Waals surface area contributed by atoms with E-state index in [2.05, 4.69) is 30.5 Å². The van der Waals surface area contributed by atoms with Crippen LogP contribution in [-0.4, -0.2) is 5.78 Å². The van der Waals surface area contributed by atoms with Gasteiger partial charge in [0.05, 0.1) is 0 Å². The summed E-state index contributed by atoms with van der Waals surface area (Å²) in [5.74, 6) is 0.199. The molecule has 0 saturated heterocycles. The molecular weight excluding hydrogens is 240 g/mol. The quantitative estimate of drug-likeness (QED) is 0.695. The molecule has 0 atom stereocenters. The Morgan fingerprint density at radius 1 is 1.17 bits per heavy atom. The largest absolute Gasteiger partial charge is 0.289 e. The summed E-state index contributed by atoms with van der Waals surface area (Å²) in [6, 6.07) is 10.0. The molecule has 0 spiro atoms. The first kappa shape index (κ1) is 11.4. The van der Waals surface area contributed by atoms with Gasteiger partial charge in [0.25, 0.3) is 0 Å². The van der Waals surface area contributed by atoms with E-state index < -0.39 is 0 Å². The number of aryl methyl sites for hydroxylation is 2. The van der Waals surface area contributed by atoms with E-state index in [-0.39, 0.29) is 5.78 Å². The predicted molar refractivity (Wildman–Crippen MR) is 76.1 cm³/mol. The summed E-state index contributed by atoms with van der Waals surface area (Å²) in [6.07, 6.45) is 3.89. The summed E-state index contributed by atoms with van der Waals surface area (Å²) in [5, 5.41) is 2.07.